The number of nitrogens with zero attached hydrogens (tertiary/aromatic N) is 3. The molecule has 4 rings (SSSR count). The van der Waals surface area contributed by atoms with Gasteiger partial charge in [-0.15, -0.1) is 0 Å². The number of carbonyl (C=O) groups excluding carboxylic acids is 1. The molecule has 0 aliphatic carbocycles. The van der Waals surface area contributed by atoms with E-state index in [9.17, 15) is 4.79 Å². The molecule has 1 saturated heterocycles. The van der Waals surface area contributed by atoms with Crippen LogP contribution in [0.2, 0.25) is 5.02 Å². The Hall–Kier alpha value is -3.06. The molecule has 1 unspecified atom stereocenters. The van der Waals surface area contributed by atoms with Crippen LogP contribution in [0.4, 0.5) is 0 Å². The SMILES string of the molecule is COc1ccc(-c2noc(C3CCCN(C(=O)c4cccc(Cl)c4)C3)n2)cc1OC. The molecule has 0 spiro atoms. The number of halogens is 1. The van der Waals surface area contributed by atoms with E-state index < -0.39 is 0 Å². The highest BCUT2D eigenvalue weighted by atomic mass is 35.5. The molecule has 1 aliphatic heterocycles. The van der Waals surface area contributed by atoms with Gasteiger partial charge in [0.25, 0.3) is 5.91 Å². The standard InChI is InChI=1S/C22H22ClN3O4/c1-28-18-9-8-14(12-19(18)29-2)20-24-21(30-25-20)16-6-4-10-26(13-16)22(27)15-5-3-7-17(23)11-15/h3,5,7-9,11-12,16H,4,6,10,13H2,1-2H3. The second-order valence-corrected chi connectivity index (χ2v) is 7.56. The fraction of sp³-hybridized carbons (Fsp3) is 0.318. The average molecular weight is 428 g/mol. The highest BCUT2D eigenvalue weighted by Crippen LogP contribution is 2.33. The van der Waals surface area contributed by atoms with Crippen LogP contribution < -0.4 is 9.47 Å². The first-order chi connectivity index (χ1) is 14.6. The Balaban J connectivity index is 1.51. The lowest BCUT2D eigenvalue weighted by atomic mass is 9.97. The zero-order valence-electron chi connectivity index (χ0n) is 16.8. The molecule has 0 N–H and O–H groups in total. The van der Waals surface area contributed by atoms with Crippen LogP contribution in [0.25, 0.3) is 11.4 Å². The molecule has 1 atom stereocenters. The van der Waals surface area contributed by atoms with E-state index in [0.717, 1.165) is 18.4 Å². The third-order valence-electron chi connectivity index (χ3n) is 5.21. The Morgan fingerprint density at radius 2 is 2.00 bits per heavy atom. The third kappa shape index (κ3) is 4.11. The molecule has 0 radical (unpaired) electrons. The first-order valence-electron chi connectivity index (χ1n) is 9.70. The van der Waals surface area contributed by atoms with Gasteiger partial charge in [-0.3, -0.25) is 4.79 Å². The Labute approximate surface area is 179 Å². The van der Waals surface area contributed by atoms with Gasteiger partial charge in [-0.1, -0.05) is 22.8 Å². The number of methoxy groups -OCH3 is 2. The number of likely N-dealkylation sites (tertiary alicyclic amines) is 1. The maximum atomic E-state index is 12.9. The molecule has 7 nitrogen and oxygen atoms in total. The molecule has 0 bridgehead atoms. The van der Waals surface area contributed by atoms with E-state index in [4.69, 9.17) is 25.6 Å². The molecule has 156 valence electrons. The van der Waals surface area contributed by atoms with Crippen molar-refractivity contribution in [3.63, 3.8) is 0 Å². The largest absolute Gasteiger partial charge is 0.493 e. The van der Waals surface area contributed by atoms with Crippen LogP contribution in [-0.4, -0.2) is 48.3 Å². The van der Waals surface area contributed by atoms with Gasteiger partial charge in [-0.25, -0.2) is 0 Å². The van der Waals surface area contributed by atoms with Crippen LogP contribution >= 0.6 is 11.6 Å². The van der Waals surface area contributed by atoms with E-state index in [1.165, 1.54) is 0 Å². The Bertz CT molecular complexity index is 1050. The second-order valence-electron chi connectivity index (χ2n) is 7.13. The van der Waals surface area contributed by atoms with Crippen LogP contribution in [0.3, 0.4) is 0 Å². The van der Waals surface area contributed by atoms with Crippen molar-refractivity contribution in [2.75, 3.05) is 27.3 Å². The van der Waals surface area contributed by atoms with E-state index in [1.807, 2.05) is 17.0 Å². The minimum absolute atomic E-state index is 0.0109. The second kappa shape index (κ2) is 8.75. The number of benzene rings is 2. The quantitative estimate of drug-likeness (QED) is 0.599. The number of ether oxygens (including phenoxy) is 2. The summed E-state index contributed by atoms with van der Waals surface area (Å²) >= 11 is 6.03. The van der Waals surface area contributed by atoms with Crippen molar-refractivity contribution in [1.29, 1.82) is 0 Å². The van der Waals surface area contributed by atoms with Crippen molar-refractivity contribution in [1.82, 2.24) is 15.0 Å². The van der Waals surface area contributed by atoms with E-state index >= 15 is 0 Å². The molecule has 2 heterocycles. The number of hydrogen-bond acceptors (Lipinski definition) is 6. The van der Waals surface area contributed by atoms with Crippen molar-refractivity contribution in [3.8, 4) is 22.9 Å². The molecule has 1 aliphatic rings. The summed E-state index contributed by atoms with van der Waals surface area (Å²) in [5, 5.41) is 4.68. The summed E-state index contributed by atoms with van der Waals surface area (Å²) in [6, 6.07) is 12.5. The first-order valence-corrected chi connectivity index (χ1v) is 10.1. The predicted octanol–water partition coefficient (Wildman–Crippen LogP) is 4.43. The van der Waals surface area contributed by atoms with Gasteiger partial charge >= 0.3 is 0 Å². The molecule has 30 heavy (non-hydrogen) atoms. The van der Waals surface area contributed by atoms with Crippen molar-refractivity contribution >= 4 is 17.5 Å². The number of carbonyl (C=O) groups is 1. The maximum Gasteiger partial charge on any atom is 0.253 e. The number of hydrogen-bond donors (Lipinski definition) is 0. The van der Waals surface area contributed by atoms with Gasteiger partial charge in [0.15, 0.2) is 11.5 Å². The van der Waals surface area contributed by atoms with Crippen LogP contribution in [0.5, 0.6) is 11.5 Å². The normalized spacial score (nSPS) is 16.4. The number of aromatic nitrogens is 2. The molecule has 0 saturated carbocycles. The average Bonchev–Trinajstić information content (AvgIpc) is 3.28. The zero-order chi connectivity index (χ0) is 21.1. The summed E-state index contributed by atoms with van der Waals surface area (Å²) < 4.78 is 16.2. The van der Waals surface area contributed by atoms with Crippen LogP contribution in [-0.2, 0) is 0 Å². The summed E-state index contributed by atoms with van der Waals surface area (Å²) in [5.41, 5.74) is 1.35. The van der Waals surface area contributed by atoms with Crippen molar-refractivity contribution in [2.24, 2.45) is 0 Å². The minimum atomic E-state index is -0.0400. The van der Waals surface area contributed by atoms with Gasteiger partial charge in [0.1, 0.15) is 0 Å². The third-order valence-corrected chi connectivity index (χ3v) is 5.45. The van der Waals surface area contributed by atoms with E-state index in [1.54, 1.807) is 44.6 Å². The van der Waals surface area contributed by atoms with E-state index in [0.29, 0.717) is 46.9 Å². The van der Waals surface area contributed by atoms with E-state index in [-0.39, 0.29) is 11.8 Å². The highest BCUT2D eigenvalue weighted by Gasteiger charge is 2.29. The summed E-state index contributed by atoms with van der Waals surface area (Å²) in [6.45, 7) is 1.22. The summed E-state index contributed by atoms with van der Waals surface area (Å²) in [5.74, 6) is 2.18. The lowest BCUT2D eigenvalue weighted by molar-refractivity contribution is 0.0695. The topological polar surface area (TPSA) is 77.7 Å². The summed E-state index contributed by atoms with van der Waals surface area (Å²) in [7, 11) is 3.17. The molecule has 1 amide bonds. The minimum Gasteiger partial charge on any atom is -0.493 e. The fourth-order valence-corrected chi connectivity index (χ4v) is 3.85. The van der Waals surface area contributed by atoms with Crippen molar-refractivity contribution < 1.29 is 18.8 Å². The van der Waals surface area contributed by atoms with Gasteiger partial charge in [-0.05, 0) is 49.2 Å². The predicted molar refractivity (Wildman–Crippen MR) is 112 cm³/mol. The van der Waals surface area contributed by atoms with Gasteiger partial charge in [0, 0.05) is 29.2 Å². The highest BCUT2D eigenvalue weighted by molar-refractivity contribution is 6.30. The molecular formula is C22H22ClN3O4. The first kappa shape index (κ1) is 20.2. The number of rotatable bonds is 5. The zero-order valence-corrected chi connectivity index (χ0v) is 17.6. The Kier molecular flexibility index (Phi) is 5.90. The Morgan fingerprint density at radius 3 is 2.77 bits per heavy atom. The van der Waals surface area contributed by atoms with Crippen LogP contribution in [0, 0.1) is 0 Å². The Morgan fingerprint density at radius 1 is 1.17 bits per heavy atom. The molecule has 1 fully saturated rings. The fourth-order valence-electron chi connectivity index (χ4n) is 3.66. The lowest BCUT2D eigenvalue weighted by Crippen LogP contribution is -2.39. The van der Waals surface area contributed by atoms with Gasteiger partial charge in [0.05, 0.1) is 20.1 Å². The maximum absolute atomic E-state index is 12.9. The number of piperidine rings is 1. The molecular weight excluding hydrogens is 406 g/mol. The number of amides is 1. The van der Waals surface area contributed by atoms with Crippen LogP contribution in [0.1, 0.15) is 35.0 Å². The van der Waals surface area contributed by atoms with Crippen molar-refractivity contribution in [3.05, 3.63) is 58.9 Å². The monoisotopic (exact) mass is 427 g/mol. The van der Waals surface area contributed by atoms with Gasteiger partial charge in [0.2, 0.25) is 11.7 Å². The van der Waals surface area contributed by atoms with Gasteiger partial charge in [-0.2, -0.15) is 4.98 Å². The van der Waals surface area contributed by atoms with E-state index in [2.05, 4.69) is 10.1 Å². The van der Waals surface area contributed by atoms with Crippen molar-refractivity contribution in [2.45, 2.75) is 18.8 Å². The summed E-state index contributed by atoms with van der Waals surface area (Å²) in [6.07, 6.45) is 1.75. The molecule has 8 heteroatoms. The lowest BCUT2D eigenvalue weighted by Gasteiger charge is -2.31. The summed E-state index contributed by atoms with van der Waals surface area (Å²) in [4.78, 5) is 19.3. The molecule has 3 aromatic rings. The molecule has 2 aromatic carbocycles. The van der Waals surface area contributed by atoms with Gasteiger partial charge < -0.3 is 18.9 Å². The molecule has 1 aromatic heterocycles. The smallest absolute Gasteiger partial charge is 0.253 e. The van der Waals surface area contributed by atoms with Crippen LogP contribution in [0.15, 0.2) is 47.0 Å².